The van der Waals surface area contributed by atoms with Gasteiger partial charge in [0.2, 0.25) is 0 Å². The van der Waals surface area contributed by atoms with Crippen molar-refractivity contribution in [2.24, 2.45) is 7.05 Å². The van der Waals surface area contributed by atoms with E-state index in [0.29, 0.717) is 17.7 Å². The minimum absolute atomic E-state index is 0.0456. The number of hydrogen-bond acceptors (Lipinski definition) is 6. The van der Waals surface area contributed by atoms with E-state index < -0.39 is 21.7 Å². The molecular weight excluding hydrogens is 372 g/mol. The van der Waals surface area contributed by atoms with Crippen LogP contribution in [-0.4, -0.2) is 25.6 Å². The highest BCUT2D eigenvalue weighted by Gasteiger charge is 2.17. The SMILES string of the molecule is CCCOC(=O)c1ccc(NS(=O)(=O)c2ccc3c(c2)oc(=O)n3C)cc1. The van der Waals surface area contributed by atoms with Crippen LogP contribution >= 0.6 is 0 Å². The molecule has 0 bridgehead atoms. The summed E-state index contributed by atoms with van der Waals surface area (Å²) in [7, 11) is -2.36. The number of sulfonamides is 1. The summed E-state index contributed by atoms with van der Waals surface area (Å²) in [6.45, 7) is 2.22. The minimum atomic E-state index is -3.89. The lowest BCUT2D eigenvalue weighted by Crippen LogP contribution is -2.13. The first-order valence-corrected chi connectivity index (χ1v) is 9.69. The molecule has 0 aliphatic rings. The van der Waals surface area contributed by atoms with Crippen molar-refractivity contribution >= 4 is 32.8 Å². The van der Waals surface area contributed by atoms with Crippen LogP contribution in [0, 0.1) is 0 Å². The molecule has 1 aromatic heterocycles. The van der Waals surface area contributed by atoms with Gasteiger partial charge in [-0.1, -0.05) is 6.92 Å². The summed E-state index contributed by atoms with van der Waals surface area (Å²) in [5, 5.41) is 0. The van der Waals surface area contributed by atoms with E-state index in [4.69, 9.17) is 9.15 Å². The Kier molecular flexibility index (Phi) is 5.04. The molecule has 3 aromatic rings. The summed E-state index contributed by atoms with van der Waals surface area (Å²) < 4.78 is 38.9. The maximum Gasteiger partial charge on any atom is 0.419 e. The van der Waals surface area contributed by atoms with Gasteiger partial charge in [-0.15, -0.1) is 0 Å². The highest BCUT2D eigenvalue weighted by atomic mass is 32.2. The summed E-state index contributed by atoms with van der Waals surface area (Å²) in [6, 6.07) is 10.1. The third kappa shape index (κ3) is 3.87. The molecule has 0 spiro atoms. The van der Waals surface area contributed by atoms with Gasteiger partial charge in [-0.25, -0.2) is 18.0 Å². The topological polar surface area (TPSA) is 108 Å². The highest BCUT2D eigenvalue weighted by molar-refractivity contribution is 7.92. The third-order valence-corrected chi connectivity index (χ3v) is 5.26. The van der Waals surface area contributed by atoms with E-state index in [1.165, 1.54) is 54.1 Å². The third-order valence-electron chi connectivity index (χ3n) is 3.88. The molecule has 0 saturated carbocycles. The van der Waals surface area contributed by atoms with Gasteiger partial charge >= 0.3 is 11.7 Å². The fourth-order valence-corrected chi connectivity index (χ4v) is 3.52. The molecule has 27 heavy (non-hydrogen) atoms. The predicted molar refractivity (Wildman–Crippen MR) is 99.3 cm³/mol. The Morgan fingerprint density at radius 2 is 1.89 bits per heavy atom. The summed E-state index contributed by atoms with van der Waals surface area (Å²) in [5.41, 5.74) is 1.30. The number of aromatic nitrogens is 1. The number of fused-ring (bicyclic) bond motifs is 1. The quantitative estimate of drug-likeness (QED) is 0.648. The number of esters is 1. The first kappa shape index (κ1) is 18.7. The number of benzene rings is 2. The Morgan fingerprint density at radius 1 is 1.19 bits per heavy atom. The van der Waals surface area contributed by atoms with Gasteiger partial charge in [-0.2, -0.15) is 0 Å². The van der Waals surface area contributed by atoms with Gasteiger partial charge in [-0.05, 0) is 42.8 Å². The summed E-state index contributed by atoms with van der Waals surface area (Å²) in [5.74, 6) is -1.03. The molecule has 8 nitrogen and oxygen atoms in total. The number of carbonyl (C=O) groups is 1. The van der Waals surface area contributed by atoms with Gasteiger partial charge in [0, 0.05) is 18.8 Å². The fraction of sp³-hybridized carbons (Fsp3) is 0.222. The summed E-state index contributed by atoms with van der Waals surface area (Å²) in [6.07, 6.45) is 0.718. The molecule has 0 fully saturated rings. The molecule has 0 aliphatic carbocycles. The van der Waals surface area contributed by atoms with Crippen LogP contribution < -0.4 is 10.5 Å². The molecule has 0 atom stereocenters. The van der Waals surface area contributed by atoms with Crippen LogP contribution in [0.1, 0.15) is 23.7 Å². The average Bonchev–Trinajstić information content (AvgIpc) is 2.93. The number of carbonyl (C=O) groups excluding carboxylic acids is 1. The summed E-state index contributed by atoms with van der Waals surface area (Å²) in [4.78, 5) is 23.3. The van der Waals surface area contributed by atoms with Gasteiger partial charge < -0.3 is 9.15 Å². The molecule has 0 saturated heterocycles. The zero-order valence-corrected chi connectivity index (χ0v) is 15.6. The van der Waals surface area contributed by atoms with E-state index in [1.807, 2.05) is 6.92 Å². The standard InChI is InChI=1S/C18H18N2O6S/c1-3-10-25-17(21)12-4-6-13(7-5-12)19-27(23,24)14-8-9-15-16(11-14)26-18(22)20(15)2/h4-9,11,19H,3,10H2,1-2H3. The molecule has 142 valence electrons. The maximum absolute atomic E-state index is 12.6. The second kappa shape index (κ2) is 7.28. The van der Waals surface area contributed by atoms with Gasteiger partial charge in [0.05, 0.1) is 22.6 Å². The van der Waals surface area contributed by atoms with Gasteiger partial charge in [-0.3, -0.25) is 9.29 Å². The van der Waals surface area contributed by atoms with Crippen molar-refractivity contribution in [3.63, 3.8) is 0 Å². The fourth-order valence-electron chi connectivity index (χ4n) is 2.45. The van der Waals surface area contributed by atoms with E-state index in [-0.39, 0.29) is 16.2 Å². The van der Waals surface area contributed by atoms with Crippen LogP contribution in [0.3, 0.4) is 0 Å². The molecule has 1 heterocycles. The lowest BCUT2D eigenvalue weighted by Gasteiger charge is -2.09. The van der Waals surface area contributed by atoms with Crippen LogP contribution in [0.2, 0.25) is 0 Å². The smallest absolute Gasteiger partial charge is 0.419 e. The maximum atomic E-state index is 12.6. The van der Waals surface area contributed by atoms with Crippen molar-refractivity contribution in [2.45, 2.75) is 18.2 Å². The lowest BCUT2D eigenvalue weighted by molar-refractivity contribution is 0.0505. The van der Waals surface area contributed by atoms with Crippen molar-refractivity contribution < 1.29 is 22.4 Å². The van der Waals surface area contributed by atoms with Crippen LogP contribution in [-0.2, 0) is 21.8 Å². The van der Waals surface area contributed by atoms with E-state index in [0.717, 1.165) is 6.42 Å². The number of hydrogen-bond donors (Lipinski definition) is 1. The number of nitrogens with one attached hydrogen (secondary N) is 1. The number of oxazole rings is 1. The Hall–Kier alpha value is -3.07. The zero-order valence-electron chi connectivity index (χ0n) is 14.8. The van der Waals surface area contributed by atoms with Crippen LogP contribution in [0.5, 0.6) is 0 Å². The normalized spacial score (nSPS) is 11.5. The number of ether oxygens (including phenoxy) is 1. The molecule has 9 heteroatoms. The zero-order chi connectivity index (χ0) is 19.6. The van der Waals surface area contributed by atoms with E-state index >= 15 is 0 Å². The van der Waals surface area contributed by atoms with Crippen molar-refractivity contribution in [3.05, 3.63) is 58.6 Å². The second-order valence-electron chi connectivity index (χ2n) is 5.88. The molecule has 0 unspecified atom stereocenters. The Labute approximate surface area is 155 Å². The Bertz CT molecular complexity index is 1140. The minimum Gasteiger partial charge on any atom is -0.462 e. The number of rotatable bonds is 6. The van der Waals surface area contributed by atoms with Crippen LogP contribution in [0.4, 0.5) is 5.69 Å². The number of nitrogens with zero attached hydrogens (tertiary/aromatic N) is 1. The molecule has 0 aliphatic heterocycles. The molecule has 3 rings (SSSR count). The van der Waals surface area contributed by atoms with E-state index in [1.54, 1.807) is 0 Å². The second-order valence-corrected chi connectivity index (χ2v) is 7.56. The molecule has 0 amide bonds. The highest BCUT2D eigenvalue weighted by Crippen LogP contribution is 2.21. The monoisotopic (exact) mass is 390 g/mol. The van der Waals surface area contributed by atoms with E-state index in [2.05, 4.69) is 4.72 Å². The first-order valence-electron chi connectivity index (χ1n) is 8.21. The lowest BCUT2D eigenvalue weighted by atomic mass is 10.2. The van der Waals surface area contributed by atoms with Gasteiger partial charge in [0.15, 0.2) is 5.58 Å². The average molecular weight is 390 g/mol. The molecule has 1 N–H and O–H groups in total. The number of anilines is 1. The van der Waals surface area contributed by atoms with Crippen molar-refractivity contribution in [1.29, 1.82) is 0 Å². The molecule has 0 radical (unpaired) electrons. The van der Waals surface area contributed by atoms with Crippen molar-refractivity contribution in [2.75, 3.05) is 11.3 Å². The van der Waals surface area contributed by atoms with Crippen molar-refractivity contribution in [3.8, 4) is 0 Å². The van der Waals surface area contributed by atoms with Crippen molar-refractivity contribution in [1.82, 2.24) is 4.57 Å². The van der Waals surface area contributed by atoms with Crippen LogP contribution in [0.25, 0.3) is 11.1 Å². The van der Waals surface area contributed by atoms with Gasteiger partial charge in [0.25, 0.3) is 10.0 Å². The van der Waals surface area contributed by atoms with Crippen LogP contribution in [0.15, 0.2) is 56.6 Å². The molecular formula is C18H18N2O6S. The predicted octanol–water partition coefficient (Wildman–Crippen LogP) is 2.50. The van der Waals surface area contributed by atoms with E-state index in [9.17, 15) is 18.0 Å². The number of aryl methyl sites for hydroxylation is 1. The molecule has 2 aromatic carbocycles. The first-order chi connectivity index (χ1) is 12.8. The Morgan fingerprint density at radius 3 is 2.56 bits per heavy atom. The summed E-state index contributed by atoms with van der Waals surface area (Å²) >= 11 is 0. The van der Waals surface area contributed by atoms with Gasteiger partial charge in [0.1, 0.15) is 0 Å². The Balaban J connectivity index is 1.82. The largest absolute Gasteiger partial charge is 0.462 e.